The van der Waals surface area contributed by atoms with Crippen molar-refractivity contribution in [3.8, 4) is 0 Å². The first kappa shape index (κ1) is 12.5. The second-order valence-corrected chi connectivity index (χ2v) is 4.15. The highest BCUT2D eigenvalue weighted by Crippen LogP contribution is 2.10. The quantitative estimate of drug-likeness (QED) is 0.628. The number of aliphatic hydroxyl groups excluding tert-OH is 1. The predicted octanol–water partition coefficient (Wildman–Crippen LogP) is 0.359. The predicted molar refractivity (Wildman–Crippen MR) is 59.6 cm³/mol. The van der Waals surface area contributed by atoms with E-state index in [2.05, 4.69) is 12.2 Å². The molecule has 1 rings (SSSR count). The van der Waals surface area contributed by atoms with Crippen molar-refractivity contribution in [1.29, 1.82) is 0 Å². The van der Waals surface area contributed by atoms with E-state index in [4.69, 9.17) is 0 Å². The standard InChI is InChI=1S/C11H22N2O2/c1-2-6-12-8-10(14)9-13-7-4-3-5-11(13)15/h10,12,14H,2-9H2,1H3. The van der Waals surface area contributed by atoms with Crippen LogP contribution in [-0.2, 0) is 4.79 Å². The molecular formula is C11H22N2O2. The highest BCUT2D eigenvalue weighted by Gasteiger charge is 2.20. The Morgan fingerprint density at radius 2 is 2.33 bits per heavy atom. The molecule has 0 aromatic carbocycles. The molecule has 1 aliphatic rings. The number of rotatable bonds is 6. The molecule has 1 atom stereocenters. The van der Waals surface area contributed by atoms with E-state index in [-0.39, 0.29) is 5.91 Å². The Kier molecular flexibility index (Phi) is 5.65. The van der Waals surface area contributed by atoms with E-state index in [1.54, 1.807) is 4.90 Å². The number of hydrogen-bond donors (Lipinski definition) is 2. The number of aliphatic hydroxyl groups is 1. The number of amides is 1. The molecule has 1 saturated heterocycles. The Balaban J connectivity index is 2.17. The van der Waals surface area contributed by atoms with Crippen LogP contribution in [0.2, 0.25) is 0 Å². The molecule has 88 valence electrons. The van der Waals surface area contributed by atoms with Gasteiger partial charge in [-0.05, 0) is 25.8 Å². The molecule has 1 amide bonds. The van der Waals surface area contributed by atoms with Crippen LogP contribution in [0.5, 0.6) is 0 Å². The van der Waals surface area contributed by atoms with E-state index in [0.29, 0.717) is 19.5 Å². The third-order valence-electron chi connectivity index (χ3n) is 2.66. The smallest absolute Gasteiger partial charge is 0.222 e. The first-order chi connectivity index (χ1) is 7.24. The molecule has 4 nitrogen and oxygen atoms in total. The SMILES string of the molecule is CCCNCC(O)CN1CCCCC1=O. The van der Waals surface area contributed by atoms with Gasteiger partial charge in [-0.25, -0.2) is 0 Å². The lowest BCUT2D eigenvalue weighted by Crippen LogP contribution is -2.43. The summed E-state index contributed by atoms with van der Waals surface area (Å²) in [5.74, 6) is 0.191. The minimum absolute atomic E-state index is 0.191. The van der Waals surface area contributed by atoms with Crippen LogP contribution >= 0.6 is 0 Å². The summed E-state index contributed by atoms with van der Waals surface area (Å²) in [6, 6.07) is 0. The van der Waals surface area contributed by atoms with Crippen LogP contribution in [0.1, 0.15) is 32.6 Å². The number of hydrogen-bond acceptors (Lipinski definition) is 3. The zero-order valence-corrected chi connectivity index (χ0v) is 9.54. The molecule has 0 aromatic rings. The third-order valence-corrected chi connectivity index (χ3v) is 2.66. The fourth-order valence-corrected chi connectivity index (χ4v) is 1.82. The van der Waals surface area contributed by atoms with Gasteiger partial charge in [-0.3, -0.25) is 4.79 Å². The van der Waals surface area contributed by atoms with Crippen molar-refractivity contribution in [3.63, 3.8) is 0 Å². The van der Waals surface area contributed by atoms with E-state index in [1.165, 1.54) is 0 Å². The van der Waals surface area contributed by atoms with Crippen molar-refractivity contribution in [1.82, 2.24) is 10.2 Å². The molecule has 2 N–H and O–H groups in total. The summed E-state index contributed by atoms with van der Waals surface area (Å²) in [6.45, 7) is 4.88. The summed E-state index contributed by atoms with van der Waals surface area (Å²) in [7, 11) is 0. The van der Waals surface area contributed by atoms with Crippen LogP contribution < -0.4 is 5.32 Å². The lowest BCUT2D eigenvalue weighted by atomic mass is 10.1. The van der Waals surface area contributed by atoms with Gasteiger partial charge in [0.2, 0.25) is 5.91 Å². The van der Waals surface area contributed by atoms with Crippen LogP contribution in [0.15, 0.2) is 0 Å². The Morgan fingerprint density at radius 1 is 1.53 bits per heavy atom. The average molecular weight is 214 g/mol. The van der Waals surface area contributed by atoms with Gasteiger partial charge in [0.15, 0.2) is 0 Å². The van der Waals surface area contributed by atoms with E-state index < -0.39 is 6.10 Å². The summed E-state index contributed by atoms with van der Waals surface area (Å²) in [5, 5.41) is 12.8. The van der Waals surface area contributed by atoms with Crippen LogP contribution in [-0.4, -0.2) is 48.2 Å². The second kappa shape index (κ2) is 6.80. The minimum Gasteiger partial charge on any atom is -0.390 e. The zero-order valence-electron chi connectivity index (χ0n) is 9.54. The van der Waals surface area contributed by atoms with Gasteiger partial charge in [0.05, 0.1) is 6.10 Å². The maximum absolute atomic E-state index is 11.5. The number of piperidine rings is 1. The van der Waals surface area contributed by atoms with Crippen LogP contribution in [0.3, 0.4) is 0 Å². The largest absolute Gasteiger partial charge is 0.390 e. The summed E-state index contributed by atoms with van der Waals surface area (Å²) < 4.78 is 0. The van der Waals surface area contributed by atoms with Gasteiger partial charge in [-0.15, -0.1) is 0 Å². The number of likely N-dealkylation sites (tertiary alicyclic amines) is 1. The van der Waals surface area contributed by atoms with Gasteiger partial charge in [-0.2, -0.15) is 0 Å². The Bertz CT molecular complexity index is 197. The molecule has 0 aliphatic carbocycles. The lowest BCUT2D eigenvalue weighted by molar-refractivity contribution is -0.134. The van der Waals surface area contributed by atoms with Gasteiger partial charge >= 0.3 is 0 Å². The lowest BCUT2D eigenvalue weighted by Gasteiger charge is -2.28. The first-order valence-electron chi connectivity index (χ1n) is 5.90. The normalized spacial score (nSPS) is 19.3. The van der Waals surface area contributed by atoms with E-state index in [0.717, 1.165) is 32.4 Å². The average Bonchev–Trinajstić information content (AvgIpc) is 2.22. The monoisotopic (exact) mass is 214 g/mol. The summed E-state index contributed by atoms with van der Waals surface area (Å²) >= 11 is 0. The Hall–Kier alpha value is -0.610. The number of carbonyl (C=O) groups excluding carboxylic acids is 1. The van der Waals surface area contributed by atoms with E-state index >= 15 is 0 Å². The van der Waals surface area contributed by atoms with Crippen molar-refractivity contribution in [3.05, 3.63) is 0 Å². The van der Waals surface area contributed by atoms with Gasteiger partial charge in [0, 0.05) is 26.1 Å². The zero-order chi connectivity index (χ0) is 11.1. The Labute approximate surface area is 91.6 Å². The van der Waals surface area contributed by atoms with Crippen molar-refractivity contribution in [2.45, 2.75) is 38.7 Å². The van der Waals surface area contributed by atoms with Crippen LogP contribution in [0, 0.1) is 0 Å². The molecule has 1 fully saturated rings. The molecule has 15 heavy (non-hydrogen) atoms. The summed E-state index contributed by atoms with van der Waals surface area (Å²) in [6.07, 6.45) is 3.35. The van der Waals surface area contributed by atoms with Gasteiger partial charge in [0.25, 0.3) is 0 Å². The molecule has 1 aliphatic heterocycles. The molecule has 4 heteroatoms. The Morgan fingerprint density at radius 3 is 3.00 bits per heavy atom. The van der Waals surface area contributed by atoms with Gasteiger partial charge < -0.3 is 15.3 Å². The maximum Gasteiger partial charge on any atom is 0.222 e. The number of nitrogens with zero attached hydrogens (tertiary/aromatic N) is 1. The van der Waals surface area contributed by atoms with Crippen molar-refractivity contribution >= 4 is 5.91 Å². The minimum atomic E-state index is -0.432. The summed E-state index contributed by atoms with van der Waals surface area (Å²) in [4.78, 5) is 13.2. The molecule has 1 unspecified atom stereocenters. The van der Waals surface area contributed by atoms with Gasteiger partial charge in [-0.1, -0.05) is 6.92 Å². The van der Waals surface area contributed by atoms with Crippen molar-refractivity contribution in [2.24, 2.45) is 0 Å². The molecule has 0 bridgehead atoms. The van der Waals surface area contributed by atoms with Crippen molar-refractivity contribution in [2.75, 3.05) is 26.2 Å². The molecule has 0 saturated carbocycles. The topological polar surface area (TPSA) is 52.6 Å². The van der Waals surface area contributed by atoms with Crippen molar-refractivity contribution < 1.29 is 9.90 Å². The second-order valence-electron chi connectivity index (χ2n) is 4.15. The number of carbonyl (C=O) groups is 1. The summed E-state index contributed by atoms with van der Waals surface area (Å²) in [5.41, 5.74) is 0. The highest BCUT2D eigenvalue weighted by molar-refractivity contribution is 5.76. The van der Waals surface area contributed by atoms with E-state index in [1.807, 2.05) is 0 Å². The highest BCUT2D eigenvalue weighted by atomic mass is 16.3. The van der Waals surface area contributed by atoms with Gasteiger partial charge in [0.1, 0.15) is 0 Å². The fraction of sp³-hybridized carbons (Fsp3) is 0.909. The maximum atomic E-state index is 11.5. The number of nitrogens with one attached hydrogen (secondary N) is 1. The fourth-order valence-electron chi connectivity index (χ4n) is 1.82. The molecular weight excluding hydrogens is 192 g/mol. The van der Waals surface area contributed by atoms with Crippen LogP contribution in [0.4, 0.5) is 0 Å². The number of β-amino-alcohol motifs (C(OH)–C–C–N with tert-alkyl or cyclic N) is 1. The third kappa shape index (κ3) is 4.62. The van der Waals surface area contributed by atoms with Crippen LogP contribution in [0.25, 0.3) is 0 Å². The molecule has 0 radical (unpaired) electrons. The molecule has 0 aromatic heterocycles. The molecule has 0 spiro atoms. The van der Waals surface area contributed by atoms with E-state index in [9.17, 15) is 9.90 Å². The first-order valence-corrected chi connectivity index (χ1v) is 5.90. The molecule has 1 heterocycles.